The first-order valence-corrected chi connectivity index (χ1v) is 13.6. The fourth-order valence-corrected chi connectivity index (χ4v) is 6.44. The predicted octanol–water partition coefficient (Wildman–Crippen LogP) is 6.66. The number of cyclic esters (lactones) is 1. The average Bonchev–Trinajstić information content (AvgIpc) is 3.12. The molecule has 7 nitrogen and oxygen atoms in total. The summed E-state index contributed by atoms with van der Waals surface area (Å²) in [5.41, 5.74) is 1.40. The first-order valence-electron chi connectivity index (χ1n) is 11.9. The second kappa shape index (κ2) is 10.7. The smallest absolute Gasteiger partial charge is 0.417 e. The van der Waals surface area contributed by atoms with Crippen molar-refractivity contribution < 1.29 is 27.9 Å². The van der Waals surface area contributed by atoms with Crippen LogP contribution in [0.4, 0.5) is 4.79 Å². The van der Waals surface area contributed by atoms with Crippen molar-refractivity contribution in [3.8, 4) is 0 Å². The number of imide groups is 1. The number of benzene rings is 2. The molecule has 0 aromatic heterocycles. The Hall–Kier alpha value is -2.47. The fraction of sp³-hybridized carbons (Fsp3) is 0.481. The number of hydrogen-bond donors (Lipinski definition) is 0. The Morgan fingerprint density at radius 1 is 0.943 bits per heavy atom. The summed E-state index contributed by atoms with van der Waals surface area (Å²) >= 11 is 0. The van der Waals surface area contributed by atoms with Gasteiger partial charge in [0.1, 0.15) is 12.6 Å². The van der Waals surface area contributed by atoms with Crippen molar-refractivity contribution in [2.45, 2.75) is 77.8 Å². The highest BCUT2D eigenvalue weighted by Gasteiger charge is 2.38. The topological polar surface area (TPSA) is 82.1 Å². The molecule has 8 heteroatoms. The van der Waals surface area contributed by atoms with Gasteiger partial charge in [-0.25, -0.2) is 9.69 Å². The molecule has 35 heavy (non-hydrogen) atoms. The summed E-state index contributed by atoms with van der Waals surface area (Å²) in [6.45, 7) is 11.3. The van der Waals surface area contributed by atoms with Crippen molar-refractivity contribution in [3.05, 3.63) is 71.3 Å². The average molecular weight is 502 g/mol. The second-order valence-electron chi connectivity index (χ2n) is 10.8. The molecule has 190 valence electrons. The summed E-state index contributed by atoms with van der Waals surface area (Å²) in [4.78, 5) is 26.3. The molecular weight excluding hydrogens is 465 g/mol. The van der Waals surface area contributed by atoms with Crippen LogP contribution in [-0.4, -0.2) is 34.7 Å². The molecular formula is C27H36NO6P. The van der Waals surface area contributed by atoms with E-state index in [0.717, 1.165) is 16.7 Å². The maximum absolute atomic E-state index is 13.5. The van der Waals surface area contributed by atoms with Gasteiger partial charge in [0.2, 0.25) is 5.91 Å². The minimum absolute atomic E-state index is 0.152. The molecule has 0 saturated carbocycles. The van der Waals surface area contributed by atoms with Crippen LogP contribution in [-0.2, 0) is 35.7 Å². The molecule has 0 aliphatic carbocycles. The van der Waals surface area contributed by atoms with Crippen molar-refractivity contribution >= 4 is 19.6 Å². The zero-order chi connectivity index (χ0) is 25.9. The Morgan fingerprint density at radius 3 is 2.03 bits per heavy atom. The van der Waals surface area contributed by atoms with Crippen LogP contribution in [0.25, 0.3) is 0 Å². The van der Waals surface area contributed by atoms with E-state index in [0.29, 0.717) is 6.42 Å². The van der Waals surface area contributed by atoms with Crippen LogP contribution in [0.3, 0.4) is 0 Å². The molecule has 0 radical (unpaired) electrons. The third-order valence-corrected chi connectivity index (χ3v) is 7.58. The van der Waals surface area contributed by atoms with Crippen molar-refractivity contribution in [1.82, 2.24) is 4.90 Å². The Bertz CT molecular complexity index is 1050. The van der Waals surface area contributed by atoms with Crippen molar-refractivity contribution in [3.63, 3.8) is 0 Å². The molecule has 0 unspecified atom stereocenters. The number of nitrogens with zero attached hydrogens (tertiary/aromatic N) is 1. The number of aryl methyl sites for hydroxylation is 1. The van der Waals surface area contributed by atoms with Gasteiger partial charge in [-0.2, -0.15) is 0 Å². The van der Waals surface area contributed by atoms with E-state index in [1.165, 1.54) is 4.90 Å². The lowest BCUT2D eigenvalue weighted by molar-refractivity contribution is -0.129. The van der Waals surface area contributed by atoms with E-state index in [2.05, 4.69) is 0 Å². The van der Waals surface area contributed by atoms with E-state index in [4.69, 9.17) is 13.8 Å². The van der Waals surface area contributed by atoms with Gasteiger partial charge < -0.3 is 13.8 Å². The molecule has 1 aliphatic heterocycles. The van der Waals surface area contributed by atoms with E-state index in [9.17, 15) is 14.2 Å². The monoisotopic (exact) mass is 501 g/mol. The van der Waals surface area contributed by atoms with E-state index < -0.39 is 30.9 Å². The molecule has 1 heterocycles. The van der Waals surface area contributed by atoms with Gasteiger partial charge in [0.25, 0.3) is 0 Å². The number of amides is 2. The van der Waals surface area contributed by atoms with E-state index in [1.807, 2.05) is 96.1 Å². The lowest BCUT2D eigenvalue weighted by atomic mass is 10.0. The molecule has 0 bridgehead atoms. The van der Waals surface area contributed by atoms with Crippen LogP contribution >= 0.6 is 7.60 Å². The lowest BCUT2D eigenvalue weighted by Gasteiger charge is -2.32. The minimum Gasteiger partial charge on any atom is -0.446 e. The van der Waals surface area contributed by atoms with Gasteiger partial charge in [-0.1, -0.05) is 54.6 Å². The zero-order valence-electron chi connectivity index (χ0n) is 21.4. The van der Waals surface area contributed by atoms with E-state index >= 15 is 0 Å². The van der Waals surface area contributed by atoms with Crippen LogP contribution in [0.5, 0.6) is 0 Å². The SMILES string of the molecule is CC(C)(C)OP(=O)(Cc1ccc(CCC(=O)N2C(=O)OC[C@@H]2c2ccccc2)cc1)OC(C)(C)C. The third kappa shape index (κ3) is 8.03. The van der Waals surface area contributed by atoms with Crippen LogP contribution in [0.2, 0.25) is 0 Å². The Morgan fingerprint density at radius 2 is 1.49 bits per heavy atom. The Kier molecular flexibility index (Phi) is 8.25. The van der Waals surface area contributed by atoms with Crippen molar-refractivity contribution in [2.75, 3.05) is 6.61 Å². The molecule has 1 fully saturated rings. The van der Waals surface area contributed by atoms with Crippen LogP contribution in [0.1, 0.15) is 70.7 Å². The fourth-order valence-electron chi connectivity index (χ4n) is 3.94. The third-order valence-electron chi connectivity index (χ3n) is 5.18. The highest BCUT2D eigenvalue weighted by atomic mass is 31.2. The van der Waals surface area contributed by atoms with Crippen LogP contribution < -0.4 is 0 Å². The number of carbonyl (C=O) groups is 2. The molecule has 3 rings (SSSR count). The number of carbonyl (C=O) groups excluding carboxylic acids is 2. The van der Waals surface area contributed by atoms with Gasteiger partial charge in [-0.3, -0.25) is 9.36 Å². The molecule has 2 aromatic rings. The van der Waals surface area contributed by atoms with Gasteiger partial charge in [-0.15, -0.1) is 0 Å². The lowest BCUT2D eigenvalue weighted by Crippen LogP contribution is -2.34. The summed E-state index contributed by atoms with van der Waals surface area (Å²) in [7, 11) is -3.40. The number of hydrogen-bond acceptors (Lipinski definition) is 6. The largest absolute Gasteiger partial charge is 0.446 e. The maximum atomic E-state index is 13.5. The zero-order valence-corrected chi connectivity index (χ0v) is 22.3. The number of ether oxygens (including phenoxy) is 1. The highest BCUT2D eigenvalue weighted by Crippen LogP contribution is 2.56. The molecule has 2 aromatic carbocycles. The Labute approximate surface area is 208 Å². The van der Waals surface area contributed by atoms with Crippen molar-refractivity contribution in [1.29, 1.82) is 0 Å². The highest BCUT2D eigenvalue weighted by molar-refractivity contribution is 7.53. The second-order valence-corrected chi connectivity index (χ2v) is 12.7. The first-order chi connectivity index (χ1) is 16.2. The molecule has 1 saturated heterocycles. The summed E-state index contributed by atoms with van der Waals surface area (Å²) in [6, 6.07) is 16.6. The van der Waals surface area contributed by atoms with Crippen LogP contribution in [0.15, 0.2) is 54.6 Å². The number of rotatable bonds is 8. The maximum Gasteiger partial charge on any atom is 0.417 e. The predicted molar refractivity (Wildman–Crippen MR) is 135 cm³/mol. The summed E-state index contributed by atoms with van der Waals surface area (Å²) in [5.74, 6) is -0.271. The summed E-state index contributed by atoms with van der Waals surface area (Å²) in [6.07, 6.45) is 0.196. The molecule has 2 amide bonds. The quantitative estimate of drug-likeness (QED) is 0.376. The van der Waals surface area contributed by atoms with Gasteiger partial charge in [0.05, 0.1) is 17.4 Å². The first kappa shape index (κ1) is 27.1. The molecule has 1 atom stereocenters. The van der Waals surface area contributed by atoms with Gasteiger partial charge >= 0.3 is 13.7 Å². The standard InChI is InChI=1S/C27H36NO6P/c1-26(2,3)33-35(31,34-27(4,5)6)19-21-14-12-20(13-15-21)16-17-24(29)28-23(18-32-25(28)30)22-10-8-7-9-11-22/h7-15,23H,16-19H2,1-6H3/t23-/m1/s1. The molecule has 0 N–H and O–H groups in total. The van der Waals surface area contributed by atoms with Gasteiger partial charge in [-0.05, 0) is 64.7 Å². The normalized spacial score (nSPS) is 16.9. The van der Waals surface area contributed by atoms with Gasteiger partial charge in [0.15, 0.2) is 0 Å². The van der Waals surface area contributed by atoms with E-state index in [1.54, 1.807) is 0 Å². The molecule has 1 aliphatic rings. The van der Waals surface area contributed by atoms with Crippen LogP contribution in [0, 0.1) is 0 Å². The van der Waals surface area contributed by atoms with E-state index in [-0.39, 0.29) is 25.1 Å². The minimum atomic E-state index is -3.40. The van der Waals surface area contributed by atoms with Crippen molar-refractivity contribution in [2.24, 2.45) is 0 Å². The summed E-state index contributed by atoms with van der Waals surface area (Å²) in [5, 5.41) is 0. The molecule has 0 spiro atoms. The summed E-state index contributed by atoms with van der Waals surface area (Å²) < 4.78 is 30.4. The van der Waals surface area contributed by atoms with Gasteiger partial charge in [0, 0.05) is 6.42 Å². The Balaban J connectivity index is 1.64.